The number of rotatable bonds is 5. The molecule has 110 valence electrons. The molecule has 0 unspecified atom stereocenters. The maximum atomic E-state index is 10.8. The lowest BCUT2D eigenvalue weighted by atomic mass is 10.2. The highest BCUT2D eigenvalue weighted by Crippen LogP contribution is 2.17. The number of hydrogen-bond acceptors (Lipinski definition) is 4. The fourth-order valence-corrected chi connectivity index (χ4v) is 2.03. The van der Waals surface area contributed by atoms with Crippen LogP contribution in [0.5, 0.6) is 0 Å². The van der Waals surface area contributed by atoms with Crippen LogP contribution in [-0.2, 0) is 6.54 Å². The minimum atomic E-state index is -0.963. The predicted molar refractivity (Wildman–Crippen MR) is 84.1 cm³/mol. The van der Waals surface area contributed by atoms with Crippen LogP contribution in [-0.4, -0.2) is 37.2 Å². The van der Waals surface area contributed by atoms with E-state index in [2.05, 4.69) is 28.1 Å². The van der Waals surface area contributed by atoms with E-state index in [0.29, 0.717) is 6.54 Å². The van der Waals surface area contributed by atoms with Gasteiger partial charge in [-0.25, -0.2) is 9.78 Å². The van der Waals surface area contributed by atoms with Crippen LogP contribution in [0.1, 0.15) is 15.9 Å². The quantitative estimate of drug-likeness (QED) is 0.914. The molecule has 5 nitrogen and oxygen atoms in total. The fraction of sp³-hybridized carbons (Fsp3) is 0.250. The van der Waals surface area contributed by atoms with E-state index in [1.165, 1.54) is 11.8 Å². The van der Waals surface area contributed by atoms with Crippen LogP contribution in [0.25, 0.3) is 0 Å². The highest BCUT2D eigenvalue weighted by atomic mass is 16.4. The third kappa shape index (κ3) is 3.72. The van der Waals surface area contributed by atoms with E-state index >= 15 is 0 Å². The van der Waals surface area contributed by atoms with Crippen LogP contribution in [0.2, 0.25) is 0 Å². The molecule has 0 aliphatic carbocycles. The van der Waals surface area contributed by atoms with Gasteiger partial charge in [-0.2, -0.15) is 0 Å². The maximum absolute atomic E-state index is 10.8. The molecule has 1 aromatic carbocycles. The molecule has 0 aliphatic rings. The summed E-state index contributed by atoms with van der Waals surface area (Å²) in [4.78, 5) is 19.0. The van der Waals surface area contributed by atoms with Gasteiger partial charge in [0.15, 0.2) is 0 Å². The highest BCUT2D eigenvalue weighted by molar-refractivity contribution is 5.87. The van der Waals surface area contributed by atoms with Gasteiger partial charge in [-0.3, -0.25) is 0 Å². The second kappa shape index (κ2) is 6.26. The minimum Gasteiger partial charge on any atom is -0.478 e. The number of aromatic carboxylic acids is 1. The van der Waals surface area contributed by atoms with E-state index in [9.17, 15) is 4.79 Å². The Labute approximate surface area is 124 Å². The van der Waals surface area contributed by atoms with Crippen molar-refractivity contribution in [2.24, 2.45) is 0 Å². The summed E-state index contributed by atoms with van der Waals surface area (Å²) in [6, 6.07) is 11.6. The molecule has 0 saturated carbocycles. The largest absolute Gasteiger partial charge is 0.478 e. The first-order valence-corrected chi connectivity index (χ1v) is 6.64. The highest BCUT2D eigenvalue weighted by Gasteiger charge is 2.07. The Bertz CT molecular complexity index is 624. The molecule has 0 fully saturated rings. The lowest BCUT2D eigenvalue weighted by molar-refractivity contribution is 0.0696. The summed E-state index contributed by atoms with van der Waals surface area (Å²) < 4.78 is 0. The van der Waals surface area contributed by atoms with Crippen molar-refractivity contribution in [1.82, 2.24) is 4.98 Å². The Morgan fingerprint density at radius 1 is 1.19 bits per heavy atom. The number of anilines is 2. The first-order chi connectivity index (χ1) is 9.97. The van der Waals surface area contributed by atoms with Crippen LogP contribution in [0.4, 0.5) is 11.5 Å². The van der Waals surface area contributed by atoms with E-state index in [-0.39, 0.29) is 5.56 Å². The second-order valence-electron chi connectivity index (χ2n) is 5.13. The van der Waals surface area contributed by atoms with E-state index in [4.69, 9.17) is 5.11 Å². The molecule has 0 aliphatic heterocycles. The van der Waals surface area contributed by atoms with Gasteiger partial charge in [0.2, 0.25) is 0 Å². The van der Waals surface area contributed by atoms with Crippen LogP contribution >= 0.6 is 0 Å². The summed E-state index contributed by atoms with van der Waals surface area (Å²) in [5.74, 6) is -0.217. The molecular weight excluding hydrogens is 266 g/mol. The fourth-order valence-electron chi connectivity index (χ4n) is 2.03. The molecule has 2 rings (SSSR count). The van der Waals surface area contributed by atoms with Gasteiger partial charge < -0.3 is 14.9 Å². The van der Waals surface area contributed by atoms with Gasteiger partial charge in [0, 0.05) is 39.6 Å². The van der Waals surface area contributed by atoms with Crippen molar-refractivity contribution < 1.29 is 9.90 Å². The van der Waals surface area contributed by atoms with Gasteiger partial charge in [-0.05, 0) is 29.8 Å². The molecule has 0 saturated heterocycles. The third-order valence-corrected chi connectivity index (χ3v) is 3.23. The maximum Gasteiger partial charge on any atom is 0.337 e. The van der Waals surface area contributed by atoms with Gasteiger partial charge in [-0.1, -0.05) is 12.1 Å². The Kier molecular flexibility index (Phi) is 4.42. The van der Waals surface area contributed by atoms with Gasteiger partial charge in [-0.15, -0.1) is 0 Å². The zero-order valence-electron chi connectivity index (χ0n) is 12.4. The van der Waals surface area contributed by atoms with Crippen molar-refractivity contribution in [3.63, 3.8) is 0 Å². The molecule has 0 radical (unpaired) electrons. The van der Waals surface area contributed by atoms with Crippen molar-refractivity contribution in [2.75, 3.05) is 30.9 Å². The second-order valence-corrected chi connectivity index (χ2v) is 5.13. The number of carboxylic acids is 1. The van der Waals surface area contributed by atoms with Crippen molar-refractivity contribution in [2.45, 2.75) is 6.54 Å². The molecule has 0 bridgehead atoms. The first-order valence-electron chi connectivity index (χ1n) is 6.64. The van der Waals surface area contributed by atoms with Gasteiger partial charge in [0.05, 0.1) is 5.56 Å². The molecule has 21 heavy (non-hydrogen) atoms. The molecule has 0 spiro atoms. The monoisotopic (exact) mass is 285 g/mol. The average molecular weight is 285 g/mol. The van der Waals surface area contributed by atoms with Crippen LogP contribution in [0.3, 0.4) is 0 Å². The Morgan fingerprint density at radius 3 is 2.52 bits per heavy atom. The normalized spacial score (nSPS) is 10.2. The van der Waals surface area contributed by atoms with Crippen molar-refractivity contribution in [1.29, 1.82) is 0 Å². The van der Waals surface area contributed by atoms with E-state index < -0.39 is 5.97 Å². The SMILES string of the molecule is CN(C)c1cccc(CN(C)c2ccc(C(=O)O)cn2)c1. The third-order valence-electron chi connectivity index (χ3n) is 3.23. The summed E-state index contributed by atoms with van der Waals surface area (Å²) in [6.45, 7) is 0.709. The predicted octanol–water partition coefficient (Wildman–Crippen LogP) is 2.48. The summed E-state index contributed by atoms with van der Waals surface area (Å²) >= 11 is 0. The molecule has 0 amide bonds. The first kappa shape index (κ1) is 14.8. The molecular formula is C16H19N3O2. The van der Waals surface area contributed by atoms with Crippen molar-refractivity contribution in [3.8, 4) is 0 Å². The molecule has 1 heterocycles. The van der Waals surface area contributed by atoms with Crippen LogP contribution < -0.4 is 9.80 Å². The molecule has 2 aromatic rings. The van der Waals surface area contributed by atoms with E-state index in [1.807, 2.05) is 32.1 Å². The molecule has 5 heteroatoms. The van der Waals surface area contributed by atoms with Crippen molar-refractivity contribution in [3.05, 3.63) is 53.7 Å². The van der Waals surface area contributed by atoms with E-state index in [1.54, 1.807) is 12.1 Å². The summed E-state index contributed by atoms with van der Waals surface area (Å²) in [5, 5.41) is 8.87. The van der Waals surface area contributed by atoms with Crippen LogP contribution in [0, 0.1) is 0 Å². The molecule has 1 aromatic heterocycles. The summed E-state index contributed by atoms with van der Waals surface area (Å²) in [7, 11) is 5.95. The number of aromatic nitrogens is 1. The number of hydrogen-bond donors (Lipinski definition) is 1. The van der Waals surface area contributed by atoms with Crippen LogP contribution in [0.15, 0.2) is 42.6 Å². The summed E-state index contributed by atoms with van der Waals surface area (Å²) in [5.41, 5.74) is 2.52. The topological polar surface area (TPSA) is 56.7 Å². The zero-order valence-corrected chi connectivity index (χ0v) is 12.4. The standard InChI is InChI=1S/C16H19N3O2/c1-18(2)14-6-4-5-12(9-14)11-19(3)15-8-7-13(10-17-15)16(20)21/h4-10H,11H2,1-3H3,(H,20,21). The average Bonchev–Trinajstić information content (AvgIpc) is 2.47. The Morgan fingerprint density at radius 2 is 1.95 bits per heavy atom. The smallest absolute Gasteiger partial charge is 0.337 e. The lowest BCUT2D eigenvalue weighted by Gasteiger charge is -2.20. The number of carbonyl (C=O) groups is 1. The molecule has 0 atom stereocenters. The zero-order chi connectivity index (χ0) is 15.4. The molecule has 1 N–H and O–H groups in total. The van der Waals surface area contributed by atoms with Gasteiger partial charge in [0.1, 0.15) is 5.82 Å². The summed E-state index contributed by atoms with van der Waals surface area (Å²) in [6.07, 6.45) is 1.38. The lowest BCUT2D eigenvalue weighted by Crippen LogP contribution is -2.18. The van der Waals surface area contributed by atoms with E-state index in [0.717, 1.165) is 11.5 Å². The van der Waals surface area contributed by atoms with Crippen molar-refractivity contribution >= 4 is 17.5 Å². The number of nitrogens with zero attached hydrogens (tertiary/aromatic N) is 3. The number of carboxylic acid groups (broad SMARTS) is 1. The minimum absolute atomic E-state index is 0.196. The number of pyridine rings is 1. The Hall–Kier alpha value is -2.56. The Balaban J connectivity index is 2.12. The van der Waals surface area contributed by atoms with Gasteiger partial charge >= 0.3 is 5.97 Å². The van der Waals surface area contributed by atoms with Gasteiger partial charge in [0.25, 0.3) is 0 Å². The number of benzene rings is 1.